The van der Waals surface area contributed by atoms with Crippen LogP contribution in [0, 0.1) is 0 Å². The van der Waals surface area contributed by atoms with Crippen LogP contribution in [0.5, 0.6) is 11.5 Å². The van der Waals surface area contributed by atoms with Gasteiger partial charge in [-0.15, -0.1) is 11.3 Å². The van der Waals surface area contributed by atoms with Gasteiger partial charge in [0.05, 0.1) is 0 Å². The number of halogens is 1. The normalized spacial score (nSPS) is 12.8. The maximum absolute atomic E-state index is 6.13. The number of rotatable bonds is 2. The second-order valence-corrected chi connectivity index (χ2v) is 5.42. The van der Waals surface area contributed by atoms with Crippen LogP contribution in [0.1, 0.15) is 0 Å². The molecule has 7 heteroatoms. The monoisotopic (exact) mass is 305 g/mol. The van der Waals surface area contributed by atoms with Crippen molar-refractivity contribution < 1.29 is 9.47 Å². The van der Waals surface area contributed by atoms with Crippen molar-refractivity contribution in [2.75, 3.05) is 12.1 Å². The third-order valence-corrected chi connectivity index (χ3v) is 4.00. The summed E-state index contributed by atoms with van der Waals surface area (Å²) in [4.78, 5) is 9.52. The lowest BCUT2D eigenvalue weighted by Crippen LogP contribution is -1.97. The molecule has 3 heterocycles. The standard InChI is InChI=1S/C13H8ClN3O2S/c14-11-8-3-4-20-12(8)17-13(16-11)15-7-1-2-9-10(5-7)19-6-18-9/h1-5H,6H2,(H,15,16,17). The number of thiophene rings is 1. The van der Waals surface area contributed by atoms with Gasteiger partial charge in [0, 0.05) is 17.1 Å². The molecule has 0 bridgehead atoms. The summed E-state index contributed by atoms with van der Waals surface area (Å²) < 4.78 is 10.6. The summed E-state index contributed by atoms with van der Waals surface area (Å²) >= 11 is 7.66. The van der Waals surface area contributed by atoms with Gasteiger partial charge in [-0.1, -0.05) is 11.6 Å². The van der Waals surface area contributed by atoms with E-state index < -0.39 is 0 Å². The first kappa shape index (κ1) is 11.7. The molecule has 4 rings (SSSR count). The highest BCUT2D eigenvalue weighted by Gasteiger charge is 2.14. The third kappa shape index (κ3) is 1.93. The van der Waals surface area contributed by atoms with Gasteiger partial charge in [0.25, 0.3) is 0 Å². The van der Waals surface area contributed by atoms with E-state index in [2.05, 4.69) is 15.3 Å². The molecule has 1 aliphatic rings. The summed E-state index contributed by atoms with van der Waals surface area (Å²) in [6.07, 6.45) is 0. The highest BCUT2D eigenvalue weighted by atomic mass is 35.5. The van der Waals surface area contributed by atoms with Crippen LogP contribution in [0.25, 0.3) is 10.2 Å². The number of hydrogen-bond acceptors (Lipinski definition) is 6. The van der Waals surface area contributed by atoms with Gasteiger partial charge in [-0.3, -0.25) is 0 Å². The van der Waals surface area contributed by atoms with Gasteiger partial charge in [-0.25, -0.2) is 9.97 Å². The van der Waals surface area contributed by atoms with Crippen molar-refractivity contribution in [1.29, 1.82) is 0 Å². The van der Waals surface area contributed by atoms with E-state index in [1.165, 1.54) is 11.3 Å². The Morgan fingerprint density at radius 1 is 1.15 bits per heavy atom. The molecule has 0 saturated heterocycles. The Labute approximate surface area is 123 Å². The average molecular weight is 306 g/mol. The molecule has 0 aliphatic carbocycles. The molecule has 100 valence electrons. The molecule has 1 N–H and O–H groups in total. The number of nitrogens with zero attached hydrogens (tertiary/aromatic N) is 2. The van der Waals surface area contributed by atoms with E-state index in [4.69, 9.17) is 21.1 Å². The number of fused-ring (bicyclic) bond motifs is 2. The van der Waals surface area contributed by atoms with E-state index in [0.717, 1.165) is 21.7 Å². The Hall–Kier alpha value is -2.05. The van der Waals surface area contributed by atoms with Crippen LogP contribution in [-0.2, 0) is 0 Å². The first-order valence-electron chi connectivity index (χ1n) is 5.87. The molecule has 20 heavy (non-hydrogen) atoms. The van der Waals surface area contributed by atoms with Gasteiger partial charge in [-0.05, 0) is 23.6 Å². The number of hydrogen-bond donors (Lipinski definition) is 1. The van der Waals surface area contributed by atoms with Gasteiger partial charge >= 0.3 is 0 Å². The van der Waals surface area contributed by atoms with Crippen LogP contribution in [0.3, 0.4) is 0 Å². The van der Waals surface area contributed by atoms with Crippen LogP contribution in [0.15, 0.2) is 29.6 Å². The Balaban J connectivity index is 1.70. The minimum absolute atomic E-state index is 0.252. The number of ether oxygens (including phenoxy) is 2. The molecule has 1 aromatic carbocycles. The Morgan fingerprint density at radius 3 is 3.00 bits per heavy atom. The molecule has 2 aromatic heterocycles. The zero-order valence-corrected chi connectivity index (χ0v) is 11.7. The zero-order valence-electron chi connectivity index (χ0n) is 10.1. The summed E-state index contributed by atoms with van der Waals surface area (Å²) in [5.41, 5.74) is 0.821. The first-order chi connectivity index (χ1) is 9.79. The summed E-state index contributed by atoms with van der Waals surface area (Å²) in [6, 6.07) is 7.48. The fourth-order valence-electron chi connectivity index (χ4n) is 1.98. The molecule has 3 aromatic rings. The van der Waals surface area contributed by atoms with E-state index in [9.17, 15) is 0 Å². The molecule has 0 spiro atoms. The van der Waals surface area contributed by atoms with E-state index >= 15 is 0 Å². The highest BCUT2D eigenvalue weighted by molar-refractivity contribution is 7.16. The van der Waals surface area contributed by atoms with E-state index in [1.807, 2.05) is 29.6 Å². The van der Waals surface area contributed by atoms with Crippen molar-refractivity contribution in [2.45, 2.75) is 0 Å². The van der Waals surface area contributed by atoms with Gasteiger partial charge < -0.3 is 14.8 Å². The van der Waals surface area contributed by atoms with Crippen molar-refractivity contribution >= 4 is 44.8 Å². The fraction of sp³-hybridized carbons (Fsp3) is 0.0769. The van der Waals surface area contributed by atoms with Crippen molar-refractivity contribution in [1.82, 2.24) is 9.97 Å². The van der Waals surface area contributed by atoms with Gasteiger partial charge in [-0.2, -0.15) is 0 Å². The largest absolute Gasteiger partial charge is 0.454 e. The summed E-state index contributed by atoms with van der Waals surface area (Å²) in [5, 5.41) is 6.37. The molecule has 0 saturated carbocycles. The predicted octanol–water partition coefficient (Wildman–Crippen LogP) is 3.82. The van der Waals surface area contributed by atoms with Crippen LogP contribution >= 0.6 is 22.9 Å². The number of aromatic nitrogens is 2. The second-order valence-electron chi connectivity index (χ2n) is 4.17. The molecule has 1 aliphatic heterocycles. The number of benzene rings is 1. The average Bonchev–Trinajstić information content (AvgIpc) is 3.06. The molecule has 0 atom stereocenters. The van der Waals surface area contributed by atoms with Crippen LogP contribution in [-0.4, -0.2) is 16.8 Å². The first-order valence-corrected chi connectivity index (χ1v) is 7.13. The zero-order chi connectivity index (χ0) is 13.5. The van der Waals surface area contributed by atoms with Crippen molar-refractivity contribution in [3.63, 3.8) is 0 Å². The summed E-state index contributed by atoms with van der Waals surface area (Å²) in [5.74, 6) is 1.91. The Morgan fingerprint density at radius 2 is 2.05 bits per heavy atom. The molecule has 0 fully saturated rings. The predicted molar refractivity (Wildman–Crippen MR) is 78.3 cm³/mol. The van der Waals surface area contributed by atoms with Crippen molar-refractivity contribution in [3.8, 4) is 11.5 Å². The van der Waals surface area contributed by atoms with Gasteiger partial charge in [0.1, 0.15) is 9.98 Å². The fourth-order valence-corrected chi connectivity index (χ4v) is 3.03. The summed E-state index contributed by atoms with van der Waals surface area (Å²) in [6.45, 7) is 0.252. The van der Waals surface area contributed by atoms with Crippen LogP contribution < -0.4 is 14.8 Å². The quantitative estimate of drug-likeness (QED) is 0.729. The van der Waals surface area contributed by atoms with E-state index in [-0.39, 0.29) is 6.79 Å². The SMILES string of the molecule is Clc1nc(Nc2ccc3c(c2)OCO3)nc2sccc12. The van der Waals surface area contributed by atoms with Gasteiger partial charge in [0.15, 0.2) is 11.5 Å². The Bertz CT molecular complexity index is 805. The molecule has 0 radical (unpaired) electrons. The van der Waals surface area contributed by atoms with Gasteiger partial charge in [0.2, 0.25) is 12.7 Å². The topological polar surface area (TPSA) is 56.3 Å². The summed E-state index contributed by atoms with van der Waals surface area (Å²) in [7, 11) is 0. The van der Waals surface area contributed by atoms with E-state index in [1.54, 1.807) is 0 Å². The smallest absolute Gasteiger partial charge is 0.231 e. The van der Waals surface area contributed by atoms with Crippen LogP contribution in [0.2, 0.25) is 5.15 Å². The molecule has 5 nitrogen and oxygen atoms in total. The maximum atomic E-state index is 6.13. The minimum Gasteiger partial charge on any atom is -0.454 e. The minimum atomic E-state index is 0.252. The lowest BCUT2D eigenvalue weighted by atomic mass is 10.3. The molecule has 0 unspecified atom stereocenters. The Kier molecular flexibility index (Phi) is 2.64. The van der Waals surface area contributed by atoms with Crippen LogP contribution in [0.4, 0.5) is 11.6 Å². The number of anilines is 2. The third-order valence-electron chi connectivity index (χ3n) is 2.91. The van der Waals surface area contributed by atoms with E-state index in [0.29, 0.717) is 16.9 Å². The lowest BCUT2D eigenvalue weighted by molar-refractivity contribution is 0.174. The van der Waals surface area contributed by atoms with Crippen molar-refractivity contribution in [3.05, 3.63) is 34.8 Å². The molecule has 0 amide bonds. The number of nitrogens with one attached hydrogen (secondary N) is 1. The second kappa shape index (κ2) is 4.50. The molecular formula is C13H8ClN3O2S. The highest BCUT2D eigenvalue weighted by Crippen LogP contribution is 2.35. The van der Waals surface area contributed by atoms with Crippen molar-refractivity contribution in [2.24, 2.45) is 0 Å². The maximum Gasteiger partial charge on any atom is 0.231 e. The molecular weight excluding hydrogens is 298 g/mol. The lowest BCUT2D eigenvalue weighted by Gasteiger charge is -2.06.